The second-order valence-corrected chi connectivity index (χ2v) is 5.89. The first kappa shape index (κ1) is 14.7. The van der Waals surface area contributed by atoms with E-state index >= 15 is 0 Å². The topological polar surface area (TPSA) is 63.8 Å². The quantitative estimate of drug-likeness (QED) is 0.657. The molecule has 0 aliphatic carbocycles. The lowest BCUT2D eigenvalue weighted by atomic mass is 9.92. The monoisotopic (exact) mass is 294 g/mol. The third-order valence-electron chi connectivity index (χ3n) is 2.81. The molecule has 0 saturated carbocycles. The normalized spacial score (nSPS) is 11.5. The van der Waals surface area contributed by atoms with Crippen molar-refractivity contribution >= 4 is 17.4 Å². The Bertz CT molecular complexity index is 638. The van der Waals surface area contributed by atoms with Crippen LogP contribution in [0.2, 0.25) is 5.02 Å². The number of aromatic nitrogens is 2. The molecule has 1 aromatic heterocycles. The molecule has 0 amide bonds. The van der Waals surface area contributed by atoms with E-state index in [0.717, 1.165) is 5.69 Å². The molecule has 2 aromatic rings. The minimum absolute atomic E-state index is 0.171. The summed E-state index contributed by atoms with van der Waals surface area (Å²) in [5, 5.41) is 0.263. The Morgan fingerprint density at radius 2 is 1.90 bits per heavy atom. The molecule has 3 N–H and O–H groups in total. The second-order valence-electron chi connectivity index (χ2n) is 5.48. The molecule has 0 spiro atoms. The fraction of sp³-hybridized carbons (Fsp3) is 0.286. The average molecular weight is 295 g/mol. The van der Waals surface area contributed by atoms with Gasteiger partial charge in [0.1, 0.15) is 11.6 Å². The van der Waals surface area contributed by atoms with Crippen molar-refractivity contribution in [3.63, 3.8) is 0 Å². The fourth-order valence-electron chi connectivity index (χ4n) is 1.70. The maximum atomic E-state index is 13.1. The molecule has 6 heteroatoms. The van der Waals surface area contributed by atoms with Gasteiger partial charge in [-0.3, -0.25) is 0 Å². The Labute approximate surface area is 122 Å². The van der Waals surface area contributed by atoms with E-state index in [0.29, 0.717) is 17.2 Å². The first-order chi connectivity index (χ1) is 9.31. The number of nitrogens with one attached hydrogen (secondary N) is 1. The number of nitrogens with zero attached hydrogens (tertiary/aromatic N) is 2. The van der Waals surface area contributed by atoms with E-state index in [2.05, 4.69) is 15.4 Å². The van der Waals surface area contributed by atoms with Crippen molar-refractivity contribution in [3.05, 3.63) is 40.8 Å². The van der Waals surface area contributed by atoms with Gasteiger partial charge in [0.05, 0.1) is 10.7 Å². The van der Waals surface area contributed by atoms with Crippen LogP contribution in [0.1, 0.15) is 26.5 Å². The molecule has 0 saturated heterocycles. The third-order valence-corrected chi connectivity index (χ3v) is 3.13. The largest absolute Gasteiger partial charge is 0.308 e. The minimum atomic E-state index is -0.400. The van der Waals surface area contributed by atoms with Gasteiger partial charge in [0.25, 0.3) is 0 Å². The zero-order valence-electron chi connectivity index (χ0n) is 11.5. The minimum Gasteiger partial charge on any atom is -0.308 e. The van der Waals surface area contributed by atoms with Crippen LogP contribution in [0, 0.1) is 5.82 Å². The number of anilines is 1. The summed E-state index contributed by atoms with van der Waals surface area (Å²) in [4.78, 5) is 8.77. The highest BCUT2D eigenvalue weighted by Gasteiger charge is 2.19. The highest BCUT2D eigenvalue weighted by Crippen LogP contribution is 2.29. The van der Waals surface area contributed by atoms with E-state index in [1.165, 1.54) is 12.1 Å². The maximum Gasteiger partial charge on any atom is 0.163 e. The van der Waals surface area contributed by atoms with Crippen LogP contribution in [0.15, 0.2) is 24.3 Å². The number of hydrazine groups is 1. The molecule has 1 heterocycles. The van der Waals surface area contributed by atoms with Crippen molar-refractivity contribution in [3.8, 4) is 11.4 Å². The van der Waals surface area contributed by atoms with Crippen molar-refractivity contribution in [2.45, 2.75) is 26.2 Å². The predicted octanol–water partition coefficient (Wildman–Crippen LogP) is 3.52. The summed E-state index contributed by atoms with van der Waals surface area (Å²) >= 11 is 6.05. The van der Waals surface area contributed by atoms with Crippen LogP contribution >= 0.6 is 11.6 Å². The number of nitrogen functional groups attached to an aromatic ring is 1. The van der Waals surface area contributed by atoms with Crippen LogP contribution in [0.25, 0.3) is 11.4 Å². The lowest BCUT2D eigenvalue weighted by Gasteiger charge is -2.19. The first-order valence-electron chi connectivity index (χ1n) is 6.13. The van der Waals surface area contributed by atoms with Crippen molar-refractivity contribution in [1.82, 2.24) is 9.97 Å². The fourth-order valence-corrected chi connectivity index (χ4v) is 1.95. The van der Waals surface area contributed by atoms with Crippen molar-refractivity contribution in [1.29, 1.82) is 0 Å². The molecule has 20 heavy (non-hydrogen) atoms. The summed E-state index contributed by atoms with van der Waals surface area (Å²) in [6, 6.07) is 5.89. The van der Waals surface area contributed by atoms with Gasteiger partial charge in [-0.1, -0.05) is 32.4 Å². The molecular formula is C14H16ClFN4. The van der Waals surface area contributed by atoms with Gasteiger partial charge in [0.2, 0.25) is 0 Å². The first-order valence-corrected chi connectivity index (χ1v) is 6.50. The number of benzene rings is 1. The van der Waals surface area contributed by atoms with E-state index in [1.807, 2.05) is 20.8 Å². The number of hydrogen-bond donors (Lipinski definition) is 2. The predicted molar refractivity (Wildman–Crippen MR) is 78.9 cm³/mol. The molecule has 0 radical (unpaired) electrons. The van der Waals surface area contributed by atoms with Gasteiger partial charge in [0, 0.05) is 17.0 Å². The van der Waals surface area contributed by atoms with E-state index in [4.69, 9.17) is 17.4 Å². The Morgan fingerprint density at radius 3 is 2.45 bits per heavy atom. The van der Waals surface area contributed by atoms with Gasteiger partial charge in [-0.15, -0.1) is 0 Å². The van der Waals surface area contributed by atoms with Gasteiger partial charge in [0.15, 0.2) is 5.82 Å². The molecule has 1 aromatic carbocycles. The van der Waals surface area contributed by atoms with Gasteiger partial charge >= 0.3 is 0 Å². The maximum absolute atomic E-state index is 13.1. The zero-order valence-corrected chi connectivity index (χ0v) is 12.3. The molecule has 0 atom stereocenters. The lowest BCUT2D eigenvalue weighted by Crippen LogP contribution is -2.17. The van der Waals surface area contributed by atoms with E-state index in [-0.39, 0.29) is 10.4 Å². The van der Waals surface area contributed by atoms with Crippen LogP contribution in [-0.2, 0) is 5.41 Å². The van der Waals surface area contributed by atoms with Crippen LogP contribution in [0.4, 0.5) is 10.2 Å². The van der Waals surface area contributed by atoms with Gasteiger partial charge in [-0.25, -0.2) is 20.2 Å². The van der Waals surface area contributed by atoms with Gasteiger partial charge in [-0.05, 0) is 18.2 Å². The molecular weight excluding hydrogens is 279 g/mol. The van der Waals surface area contributed by atoms with Crippen LogP contribution < -0.4 is 11.3 Å². The van der Waals surface area contributed by atoms with Crippen LogP contribution in [-0.4, -0.2) is 9.97 Å². The molecule has 0 aliphatic heterocycles. The van der Waals surface area contributed by atoms with Crippen molar-refractivity contribution < 1.29 is 4.39 Å². The van der Waals surface area contributed by atoms with Gasteiger partial charge in [-0.2, -0.15) is 0 Å². The van der Waals surface area contributed by atoms with Crippen LogP contribution in [0.3, 0.4) is 0 Å². The zero-order chi connectivity index (χ0) is 14.9. The summed E-state index contributed by atoms with van der Waals surface area (Å²) in [6.45, 7) is 6.10. The molecule has 0 bridgehead atoms. The average Bonchev–Trinajstić information content (AvgIpc) is 2.37. The Balaban J connectivity index is 2.61. The highest BCUT2D eigenvalue weighted by atomic mass is 35.5. The molecule has 2 rings (SSSR count). The smallest absolute Gasteiger partial charge is 0.163 e. The highest BCUT2D eigenvalue weighted by molar-refractivity contribution is 6.33. The molecule has 0 unspecified atom stereocenters. The Hall–Kier alpha value is -1.72. The van der Waals surface area contributed by atoms with E-state index < -0.39 is 5.82 Å². The van der Waals surface area contributed by atoms with Crippen molar-refractivity contribution in [2.75, 3.05) is 5.43 Å². The van der Waals surface area contributed by atoms with E-state index in [1.54, 1.807) is 12.1 Å². The molecule has 106 valence electrons. The Morgan fingerprint density at radius 1 is 1.20 bits per heavy atom. The molecule has 0 aliphatic rings. The Kier molecular flexibility index (Phi) is 3.92. The SMILES string of the molecule is CC(C)(C)c1cc(NN)nc(-c2ccc(F)cc2Cl)n1. The van der Waals surface area contributed by atoms with Crippen LogP contribution in [0.5, 0.6) is 0 Å². The van der Waals surface area contributed by atoms with Crippen molar-refractivity contribution in [2.24, 2.45) is 5.84 Å². The second kappa shape index (κ2) is 5.34. The summed E-state index contributed by atoms with van der Waals surface area (Å²) in [5.74, 6) is 5.94. The van der Waals surface area contributed by atoms with Gasteiger partial charge < -0.3 is 5.43 Å². The number of nitrogens with two attached hydrogens (primary N) is 1. The molecule has 0 fully saturated rings. The van der Waals surface area contributed by atoms with E-state index in [9.17, 15) is 4.39 Å². The summed E-state index contributed by atoms with van der Waals surface area (Å²) in [7, 11) is 0. The molecule has 4 nitrogen and oxygen atoms in total. The number of rotatable bonds is 2. The number of halogens is 2. The summed E-state index contributed by atoms with van der Waals surface area (Å²) in [6.07, 6.45) is 0. The summed E-state index contributed by atoms with van der Waals surface area (Å²) < 4.78 is 13.1. The lowest BCUT2D eigenvalue weighted by molar-refractivity contribution is 0.568. The third kappa shape index (κ3) is 3.05. The summed E-state index contributed by atoms with van der Waals surface area (Å²) in [5.41, 5.74) is 3.72. The number of hydrogen-bond acceptors (Lipinski definition) is 4. The standard InChI is InChI=1S/C14H16ClFN4/c1-14(2,3)11-7-12(20-17)19-13(18-11)9-5-4-8(16)6-10(9)15/h4-7H,17H2,1-3H3,(H,18,19,20).